The SMILES string of the molecule is CC(=O)c1cc(C)c(C(F)(F)F)cc1F. The molecular formula is C10H8F4O. The van der Waals surface area contributed by atoms with Crippen LogP contribution in [0, 0.1) is 12.7 Å². The minimum Gasteiger partial charge on any atom is -0.294 e. The lowest BCUT2D eigenvalue weighted by molar-refractivity contribution is -0.138. The zero-order valence-corrected chi connectivity index (χ0v) is 8.07. The summed E-state index contributed by atoms with van der Waals surface area (Å²) in [5.74, 6) is -1.73. The fourth-order valence-electron chi connectivity index (χ4n) is 1.26. The van der Waals surface area contributed by atoms with E-state index in [1.807, 2.05) is 0 Å². The lowest BCUT2D eigenvalue weighted by atomic mass is 10.0. The summed E-state index contributed by atoms with van der Waals surface area (Å²) in [6, 6.07) is 1.27. The van der Waals surface area contributed by atoms with E-state index < -0.39 is 23.3 Å². The molecule has 15 heavy (non-hydrogen) atoms. The van der Waals surface area contributed by atoms with E-state index in [4.69, 9.17) is 0 Å². The number of halogens is 4. The van der Waals surface area contributed by atoms with Crippen LogP contribution < -0.4 is 0 Å². The molecule has 0 atom stereocenters. The molecule has 0 radical (unpaired) electrons. The van der Waals surface area contributed by atoms with Crippen molar-refractivity contribution in [1.29, 1.82) is 0 Å². The van der Waals surface area contributed by atoms with Gasteiger partial charge in [0.05, 0.1) is 11.1 Å². The maximum atomic E-state index is 13.1. The molecule has 82 valence electrons. The van der Waals surface area contributed by atoms with Crippen LogP contribution in [0.2, 0.25) is 0 Å². The smallest absolute Gasteiger partial charge is 0.294 e. The first kappa shape index (κ1) is 11.7. The first-order valence-corrected chi connectivity index (χ1v) is 4.11. The standard InChI is InChI=1S/C10H8F4O/c1-5-3-7(6(2)15)9(11)4-8(5)10(12,13)14/h3-4H,1-2H3. The van der Waals surface area contributed by atoms with Crippen molar-refractivity contribution in [2.24, 2.45) is 0 Å². The highest BCUT2D eigenvalue weighted by Crippen LogP contribution is 2.33. The van der Waals surface area contributed by atoms with E-state index in [1.54, 1.807) is 0 Å². The molecule has 0 saturated heterocycles. The number of rotatable bonds is 1. The van der Waals surface area contributed by atoms with Crippen LogP contribution >= 0.6 is 0 Å². The monoisotopic (exact) mass is 220 g/mol. The number of alkyl halides is 3. The van der Waals surface area contributed by atoms with Crippen molar-refractivity contribution in [2.75, 3.05) is 0 Å². The van der Waals surface area contributed by atoms with Gasteiger partial charge in [-0.15, -0.1) is 0 Å². The number of hydrogen-bond acceptors (Lipinski definition) is 1. The Balaban J connectivity index is 3.39. The van der Waals surface area contributed by atoms with Crippen molar-refractivity contribution in [2.45, 2.75) is 20.0 Å². The van der Waals surface area contributed by atoms with Gasteiger partial charge in [0.15, 0.2) is 5.78 Å². The van der Waals surface area contributed by atoms with Crippen LogP contribution in [0.5, 0.6) is 0 Å². The second-order valence-electron chi connectivity index (χ2n) is 3.20. The van der Waals surface area contributed by atoms with E-state index in [2.05, 4.69) is 0 Å². The average molecular weight is 220 g/mol. The molecule has 1 nitrogen and oxygen atoms in total. The number of carbonyl (C=O) groups excluding carboxylic acids is 1. The van der Waals surface area contributed by atoms with Crippen molar-refractivity contribution in [3.63, 3.8) is 0 Å². The van der Waals surface area contributed by atoms with Crippen molar-refractivity contribution in [1.82, 2.24) is 0 Å². The zero-order valence-electron chi connectivity index (χ0n) is 8.07. The van der Waals surface area contributed by atoms with Gasteiger partial charge in [-0.25, -0.2) is 4.39 Å². The quantitative estimate of drug-likeness (QED) is 0.524. The number of aryl methyl sites for hydroxylation is 1. The van der Waals surface area contributed by atoms with Gasteiger partial charge in [-0.1, -0.05) is 0 Å². The lowest BCUT2D eigenvalue weighted by Gasteiger charge is -2.11. The molecule has 0 aliphatic rings. The molecule has 0 N–H and O–H groups in total. The van der Waals surface area contributed by atoms with Gasteiger partial charge in [-0.05, 0) is 31.5 Å². The highest BCUT2D eigenvalue weighted by molar-refractivity contribution is 5.94. The van der Waals surface area contributed by atoms with Gasteiger partial charge in [0, 0.05) is 0 Å². The largest absolute Gasteiger partial charge is 0.416 e. The summed E-state index contributed by atoms with van der Waals surface area (Å²) in [4.78, 5) is 10.9. The maximum Gasteiger partial charge on any atom is 0.416 e. The molecule has 0 unspecified atom stereocenters. The fraction of sp³-hybridized carbons (Fsp3) is 0.300. The minimum absolute atomic E-state index is 0.158. The van der Waals surface area contributed by atoms with Crippen molar-refractivity contribution >= 4 is 5.78 Å². The molecule has 0 amide bonds. The summed E-state index contributed by atoms with van der Waals surface area (Å²) in [6.07, 6.45) is -4.60. The molecule has 0 heterocycles. The first-order valence-electron chi connectivity index (χ1n) is 4.11. The summed E-state index contributed by atoms with van der Waals surface area (Å²) >= 11 is 0. The molecule has 0 aliphatic heterocycles. The topological polar surface area (TPSA) is 17.1 Å². The molecule has 1 aromatic carbocycles. The van der Waals surface area contributed by atoms with E-state index in [9.17, 15) is 22.4 Å². The van der Waals surface area contributed by atoms with Gasteiger partial charge in [0.25, 0.3) is 0 Å². The van der Waals surface area contributed by atoms with Gasteiger partial charge in [0.1, 0.15) is 5.82 Å². The Bertz CT molecular complexity index is 407. The Labute approximate surface area is 83.7 Å². The Morgan fingerprint density at radius 3 is 2.20 bits per heavy atom. The van der Waals surface area contributed by atoms with Crippen molar-refractivity contribution < 1.29 is 22.4 Å². The van der Waals surface area contributed by atoms with Crippen LogP contribution in [-0.4, -0.2) is 5.78 Å². The van der Waals surface area contributed by atoms with E-state index in [0.717, 1.165) is 13.0 Å². The molecule has 0 fully saturated rings. The normalized spacial score (nSPS) is 11.6. The maximum absolute atomic E-state index is 13.1. The second kappa shape index (κ2) is 3.64. The van der Waals surface area contributed by atoms with E-state index >= 15 is 0 Å². The molecule has 1 aromatic rings. The molecular weight excluding hydrogens is 212 g/mol. The van der Waals surface area contributed by atoms with Crippen LogP contribution in [0.25, 0.3) is 0 Å². The highest BCUT2D eigenvalue weighted by atomic mass is 19.4. The van der Waals surface area contributed by atoms with Crippen molar-refractivity contribution in [3.05, 3.63) is 34.6 Å². The number of ketones is 1. The molecule has 0 aliphatic carbocycles. The third-order valence-corrected chi connectivity index (χ3v) is 2.00. The van der Waals surface area contributed by atoms with Crippen LogP contribution in [0.3, 0.4) is 0 Å². The average Bonchev–Trinajstić information content (AvgIpc) is 2.06. The number of hydrogen-bond donors (Lipinski definition) is 0. The van der Waals surface area contributed by atoms with Crippen molar-refractivity contribution in [3.8, 4) is 0 Å². The molecule has 0 saturated carbocycles. The second-order valence-corrected chi connectivity index (χ2v) is 3.20. The molecule has 1 rings (SSSR count). The first-order chi connectivity index (χ1) is 6.73. The molecule has 0 aromatic heterocycles. The Morgan fingerprint density at radius 2 is 1.80 bits per heavy atom. The van der Waals surface area contributed by atoms with E-state index in [0.29, 0.717) is 6.07 Å². The zero-order chi connectivity index (χ0) is 11.8. The van der Waals surface area contributed by atoms with Gasteiger partial charge >= 0.3 is 6.18 Å². The molecule has 5 heteroatoms. The summed E-state index contributed by atoms with van der Waals surface area (Å²) in [5.41, 5.74) is -1.53. The Morgan fingerprint density at radius 1 is 1.27 bits per heavy atom. The summed E-state index contributed by atoms with van der Waals surface area (Å²) < 4.78 is 50.0. The number of carbonyl (C=O) groups is 1. The summed E-state index contributed by atoms with van der Waals surface area (Å²) in [5, 5.41) is 0. The van der Waals surface area contributed by atoms with E-state index in [-0.39, 0.29) is 11.1 Å². The van der Waals surface area contributed by atoms with Crippen LogP contribution in [0.15, 0.2) is 12.1 Å². The Kier molecular flexibility index (Phi) is 2.83. The minimum atomic E-state index is -4.60. The van der Waals surface area contributed by atoms with Crippen LogP contribution in [-0.2, 0) is 6.18 Å². The fourth-order valence-corrected chi connectivity index (χ4v) is 1.26. The number of Topliss-reactive ketones (excluding diaryl/α,β-unsaturated/α-hetero) is 1. The summed E-state index contributed by atoms with van der Waals surface area (Å²) in [6.45, 7) is 2.29. The van der Waals surface area contributed by atoms with E-state index in [1.165, 1.54) is 6.92 Å². The van der Waals surface area contributed by atoms with Gasteiger partial charge < -0.3 is 0 Å². The molecule has 0 bridgehead atoms. The lowest BCUT2D eigenvalue weighted by Crippen LogP contribution is -2.10. The van der Waals surface area contributed by atoms with Gasteiger partial charge in [0.2, 0.25) is 0 Å². The Hall–Kier alpha value is -1.39. The summed E-state index contributed by atoms with van der Waals surface area (Å²) in [7, 11) is 0. The van der Waals surface area contributed by atoms with Gasteiger partial charge in [-0.3, -0.25) is 4.79 Å². The number of benzene rings is 1. The third kappa shape index (κ3) is 2.34. The van der Waals surface area contributed by atoms with Crippen LogP contribution in [0.1, 0.15) is 28.4 Å². The highest BCUT2D eigenvalue weighted by Gasteiger charge is 2.33. The van der Waals surface area contributed by atoms with Gasteiger partial charge in [-0.2, -0.15) is 13.2 Å². The predicted octanol–water partition coefficient (Wildman–Crippen LogP) is 3.36. The third-order valence-electron chi connectivity index (χ3n) is 2.00. The predicted molar refractivity (Wildman–Crippen MR) is 46.1 cm³/mol. The van der Waals surface area contributed by atoms with Crippen LogP contribution in [0.4, 0.5) is 17.6 Å². The molecule has 0 spiro atoms.